The summed E-state index contributed by atoms with van der Waals surface area (Å²) >= 11 is 0. The third-order valence-electron chi connectivity index (χ3n) is 7.45. The summed E-state index contributed by atoms with van der Waals surface area (Å²) in [6.07, 6.45) is 43.2. The van der Waals surface area contributed by atoms with Crippen LogP contribution in [0.5, 0.6) is 0 Å². The molecule has 0 saturated heterocycles. The molecule has 0 fully saturated rings. The van der Waals surface area contributed by atoms with E-state index in [0.717, 1.165) is 57.8 Å². The molecular formula is C37H66O4. The number of esters is 1. The third-order valence-corrected chi connectivity index (χ3v) is 7.45. The summed E-state index contributed by atoms with van der Waals surface area (Å²) in [5, 5.41) is 0. The first-order valence-corrected chi connectivity index (χ1v) is 17.5. The summed E-state index contributed by atoms with van der Waals surface area (Å²) in [6.45, 7) is 4.77. The van der Waals surface area contributed by atoms with Crippen LogP contribution < -0.4 is 0 Å². The van der Waals surface area contributed by atoms with Gasteiger partial charge in [0.05, 0.1) is 6.61 Å². The van der Waals surface area contributed by atoms with Crippen LogP contribution in [0.2, 0.25) is 0 Å². The van der Waals surface area contributed by atoms with E-state index in [1.165, 1.54) is 103 Å². The normalized spacial score (nSPS) is 11.8. The Morgan fingerprint density at radius 3 is 1.46 bits per heavy atom. The molecule has 0 atom stereocenters. The van der Waals surface area contributed by atoms with Gasteiger partial charge >= 0.3 is 12.1 Å². The fourth-order valence-electron chi connectivity index (χ4n) is 4.87. The van der Waals surface area contributed by atoms with Crippen molar-refractivity contribution in [1.29, 1.82) is 0 Å². The van der Waals surface area contributed by atoms with Gasteiger partial charge in [0.25, 0.3) is 0 Å². The van der Waals surface area contributed by atoms with Gasteiger partial charge in [-0.1, -0.05) is 166 Å². The van der Waals surface area contributed by atoms with Crippen LogP contribution in [0.4, 0.5) is 4.79 Å². The molecule has 0 aliphatic carbocycles. The number of unbranched alkanes of at least 4 members (excludes halogenated alkanes) is 20. The SMILES string of the molecule is CC/C=C\C/C=C\C/C=C\CCCCCCCC(=O)OC(=O)OCCCCCCCCCCCCCCCCCC. The second-order valence-electron chi connectivity index (χ2n) is 11.5. The van der Waals surface area contributed by atoms with Crippen molar-refractivity contribution in [3.8, 4) is 0 Å². The van der Waals surface area contributed by atoms with E-state index in [9.17, 15) is 9.59 Å². The molecule has 0 aromatic heterocycles. The summed E-state index contributed by atoms with van der Waals surface area (Å²) in [4.78, 5) is 23.5. The third kappa shape index (κ3) is 34.3. The lowest BCUT2D eigenvalue weighted by molar-refractivity contribution is -0.139. The summed E-state index contributed by atoms with van der Waals surface area (Å²) in [6, 6.07) is 0. The van der Waals surface area contributed by atoms with Gasteiger partial charge in [-0.2, -0.15) is 0 Å². The zero-order valence-corrected chi connectivity index (χ0v) is 27.2. The zero-order chi connectivity index (χ0) is 29.9. The zero-order valence-electron chi connectivity index (χ0n) is 27.2. The van der Waals surface area contributed by atoms with Crippen LogP contribution in [0.1, 0.15) is 181 Å². The van der Waals surface area contributed by atoms with Gasteiger partial charge in [0.2, 0.25) is 0 Å². The van der Waals surface area contributed by atoms with E-state index in [4.69, 9.17) is 9.47 Å². The average Bonchev–Trinajstić information content (AvgIpc) is 2.96. The molecule has 0 aromatic rings. The van der Waals surface area contributed by atoms with Crippen molar-refractivity contribution in [3.05, 3.63) is 36.5 Å². The largest absolute Gasteiger partial charge is 0.516 e. The molecule has 4 heteroatoms. The summed E-state index contributed by atoms with van der Waals surface area (Å²) in [7, 11) is 0. The lowest BCUT2D eigenvalue weighted by Gasteiger charge is -2.06. The molecule has 41 heavy (non-hydrogen) atoms. The van der Waals surface area contributed by atoms with E-state index in [1.54, 1.807) is 0 Å². The lowest BCUT2D eigenvalue weighted by atomic mass is 10.0. The predicted octanol–water partition coefficient (Wildman–Crippen LogP) is 12.5. The Balaban J connectivity index is 3.35. The summed E-state index contributed by atoms with van der Waals surface area (Å²) in [5.74, 6) is -0.469. The second-order valence-corrected chi connectivity index (χ2v) is 11.5. The molecule has 0 spiro atoms. The van der Waals surface area contributed by atoms with Gasteiger partial charge in [0, 0.05) is 6.42 Å². The van der Waals surface area contributed by atoms with Crippen molar-refractivity contribution in [2.24, 2.45) is 0 Å². The van der Waals surface area contributed by atoms with Gasteiger partial charge in [-0.15, -0.1) is 0 Å². The fraction of sp³-hybridized carbons (Fsp3) is 0.784. The van der Waals surface area contributed by atoms with Gasteiger partial charge in [0.15, 0.2) is 0 Å². The Kier molecular flexibility index (Phi) is 32.8. The Morgan fingerprint density at radius 2 is 0.927 bits per heavy atom. The van der Waals surface area contributed by atoms with E-state index in [1.807, 2.05) is 0 Å². The number of carbonyl (C=O) groups is 2. The fourth-order valence-corrected chi connectivity index (χ4v) is 4.87. The Morgan fingerprint density at radius 1 is 0.488 bits per heavy atom. The van der Waals surface area contributed by atoms with Crippen molar-refractivity contribution in [2.75, 3.05) is 6.61 Å². The molecule has 0 unspecified atom stereocenters. The number of hydrogen-bond donors (Lipinski definition) is 0. The smallest absolute Gasteiger partial charge is 0.434 e. The van der Waals surface area contributed by atoms with Crippen molar-refractivity contribution >= 4 is 12.1 Å². The summed E-state index contributed by atoms with van der Waals surface area (Å²) in [5.41, 5.74) is 0. The van der Waals surface area contributed by atoms with Crippen LogP contribution in [0.3, 0.4) is 0 Å². The van der Waals surface area contributed by atoms with Crippen molar-refractivity contribution in [3.63, 3.8) is 0 Å². The Hall–Kier alpha value is -1.84. The average molecular weight is 575 g/mol. The number of carbonyl (C=O) groups excluding carboxylic acids is 2. The van der Waals surface area contributed by atoms with E-state index >= 15 is 0 Å². The van der Waals surface area contributed by atoms with Gasteiger partial charge in [-0.25, -0.2) is 4.79 Å². The van der Waals surface area contributed by atoms with Gasteiger partial charge in [-0.3, -0.25) is 4.79 Å². The molecule has 0 radical (unpaired) electrons. The minimum atomic E-state index is -0.838. The number of hydrogen-bond acceptors (Lipinski definition) is 4. The van der Waals surface area contributed by atoms with E-state index in [2.05, 4.69) is 50.3 Å². The standard InChI is InChI=1S/C37H66O4/c1-3-5-7-9-11-13-15-17-19-21-23-25-27-29-31-33-35-40-37(39)41-36(38)34-32-30-28-26-24-22-20-18-16-14-12-10-8-6-4-2/h6,8,12,14,18,20H,3-5,7,9-11,13,15-17,19,21-35H2,1-2H3/b8-6-,14-12-,20-18-. The molecule has 0 N–H and O–H groups in total. The highest BCUT2D eigenvalue weighted by molar-refractivity contribution is 5.81. The maximum atomic E-state index is 11.8. The molecule has 0 rings (SSSR count). The summed E-state index contributed by atoms with van der Waals surface area (Å²) < 4.78 is 9.84. The predicted molar refractivity (Wildman–Crippen MR) is 176 cm³/mol. The quantitative estimate of drug-likeness (QED) is 0.0370. The van der Waals surface area contributed by atoms with Gasteiger partial charge in [-0.05, 0) is 44.9 Å². The minimum Gasteiger partial charge on any atom is -0.434 e. The Labute approximate surface area is 254 Å². The first-order chi connectivity index (χ1) is 20.2. The molecule has 0 saturated carbocycles. The van der Waals surface area contributed by atoms with E-state index < -0.39 is 12.1 Å². The van der Waals surface area contributed by atoms with Crippen LogP contribution in [0, 0.1) is 0 Å². The highest BCUT2D eigenvalue weighted by Crippen LogP contribution is 2.14. The van der Waals surface area contributed by atoms with Gasteiger partial charge in [0.1, 0.15) is 0 Å². The maximum Gasteiger partial charge on any atom is 0.516 e. The number of ether oxygens (including phenoxy) is 2. The Bertz CT molecular complexity index is 649. The van der Waals surface area contributed by atoms with Crippen LogP contribution >= 0.6 is 0 Å². The molecule has 0 amide bonds. The van der Waals surface area contributed by atoms with Crippen LogP contribution in [-0.4, -0.2) is 18.7 Å². The molecule has 0 bridgehead atoms. The van der Waals surface area contributed by atoms with Crippen molar-refractivity contribution < 1.29 is 19.1 Å². The molecule has 0 heterocycles. The molecule has 4 nitrogen and oxygen atoms in total. The number of rotatable bonds is 30. The first-order valence-electron chi connectivity index (χ1n) is 17.5. The highest BCUT2D eigenvalue weighted by Gasteiger charge is 2.11. The second kappa shape index (κ2) is 34.4. The van der Waals surface area contributed by atoms with Crippen LogP contribution in [0.15, 0.2) is 36.5 Å². The highest BCUT2D eigenvalue weighted by atomic mass is 16.7. The van der Waals surface area contributed by atoms with Crippen LogP contribution in [0.25, 0.3) is 0 Å². The molecular weight excluding hydrogens is 508 g/mol. The van der Waals surface area contributed by atoms with Crippen molar-refractivity contribution in [2.45, 2.75) is 181 Å². The molecule has 0 aliphatic rings. The minimum absolute atomic E-state index is 0.286. The van der Waals surface area contributed by atoms with E-state index in [-0.39, 0.29) is 6.42 Å². The first kappa shape index (κ1) is 39.2. The van der Waals surface area contributed by atoms with Gasteiger partial charge < -0.3 is 9.47 Å². The topological polar surface area (TPSA) is 52.6 Å². The molecule has 238 valence electrons. The number of allylic oxidation sites excluding steroid dienone is 6. The van der Waals surface area contributed by atoms with Crippen LogP contribution in [-0.2, 0) is 14.3 Å². The molecule has 0 aliphatic heterocycles. The maximum absolute atomic E-state index is 11.8. The lowest BCUT2D eigenvalue weighted by Crippen LogP contribution is -2.14. The van der Waals surface area contributed by atoms with Crippen molar-refractivity contribution in [1.82, 2.24) is 0 Å². The van der Waals surface area contributed by atoms with E-state index in [0.29, 0.717) is 6.61 Å². The molecule has 0 aromatic carbocycles. The monoisotopic (exact) mass is 574 g/mol.